The lowest BCUT2D eigenvalue weighted by Crippen LogP contribution is -2.37. The second-order valence-corrected chi connectivity index (χ2v) is 6.21. The van der Waals surface area contributed by atoms with Crippen LogP contribution in [-0.4, -0.2) is 31.3 Å². The summed E-state index contributed by atoms with van der Waals surface area (Å²) in [7, 11) is 1.69. The second kappa shape index (κ2) is 12.4. The van der Waals surface area contributed by atoms with Crippen molar-refractivity contribution in [3.05, 3.63) is 59.2 Å². The molecule has 0 unspecified atom stereocenters. The third-order valence-electron chi connectivity index (χ3n) is 4.07. The van der Waals surface area contributed by atoms with Crippen molar-refractivity contribution in [3.63, 3.8) is 0 Å². The van der Waals surface area contributed by atoms with Gasteiger partial charge in [-0.1, -0.05) is 24.3 Å². The molecule has 3 N–H and O–H groups in total. The van der Waals surface area contributed by atoms with E-state index in [4.69, 9.17) is 4.74 Å². The summed E-state index contributed by atoms with van der Waals surface area (Å²) in [5.74, 6) is 1.98. The number of nitrogens with one attached hydrogen (secondary N) is 2. The van der Waals surface area contributed by atoms with Crippen LogP contribution in [0.3, 0.4) is 0 Å². The van der Waals surface area contributed by atoms with Crippen LogP contribution < -0.4 is 15.4 Å². The van der Waals surface area contributed by atoms with Gasteiger partial charge in [-0.25, -0.2) is 4.99 Å². The van der Waals surface area contributed by atoms with Crippen LogP contribution in [0.5, 0.6) is 11.5 Å². The highest BCUT2D eigenvalue weighted by Crippen LogP contribution is 2.20. The van der Waals surface area contributed by atoms with Crippen molar-refractivity contribution in [1.82, 2.24) is 10.6 Å². The minimum absolute atomic E-state index is 0. The summed E-state index contributed by atoms with van der Waals surface area (Å²) in [5.41, 5.74) is 3.46. The standard InChI is InChI=1S/C21H29N3O2.HI/c1-4-22-21(23-13-5-6-17-8-11-19(25)12-9-17)24-15-18-10-7-16(2)14-20(18)26-3;/h7-12,14,25H,4-6,13,15H2,1-3H3,(H2,22,23,24);1H. The molecule has 5 nitrogen and oxygen atoms in total. The number of ether oxygens (including phenoxy) is 1. The van der Waals surface area contributed by atoms with Gasteiger partial charge in [0.1, 0.15) is 11.5 Å². The molecule has 0 radical (unpaired) electrons. The van der Waals surface area contributed by atoms with E-state index in [1.165, 1.54) is 11.1 Å². The first-order valence-corrected chi connectivity index (χ1v) is 9.06. The quantitative estimate of drug-likeness (QED) is 0.230. The molecule has 0 bridgehead atoms. The van der Waals surface area contributed by atoms with Gasteiger partial charge in [0.05, 0.1) is 13.7 Å². The molecule has 0 fully saturated rings. The van der Waals surface area contributed by atoms with Gasteiger partial charge in [-0.15, -0.1) is 24.0 Å². The number of aryl methyl sites for hydroxylation is 2. The lowest BCUT2D eigenvalue weighted by atomic mass is 10.1. The van der Waals surface area contributed by atoms with Crippen LogP contribution in [0.2, 0.25) is 0 Å². The molecular weight excluding hydrogens is 453 g/mol. The molecule has 0 aromatic heterocycles. The molecule has 148 valence electrons. The molecule has 6 heteroatoms. The lowest BCUT2D eigenvalue weighted by molar-refractivity contribution is 0.409. The fraction of sp³-hybridized carbons (Fsp3) is 0.381. The van der Waals surface area contributed by atoms with Gasteiger partial charge in [0.15, 0.2) is 5.96 Å². The van der Waals surface area contributed by atoms with Crippen molar-refractivity contribution in [2.24, 2.45) is 4.99 Å². The smallest absolute Gasteiger partial charge is 0.191 e. The van der Waals surface area contributed by atoms with Crippen LogP contribution in [0.1, 0.15) is 30.0 Å². The Bertz CT molecular complexity index is 718. The first kappa shape index (κ1) is 23.1. The summed E-state index contributed by atoms with van der Waals surface area (Å²) in [4.78, 5) is 4.66. The number of aliphatic imine (C=N–C) groups is 1. The Labute approximate surface area is 179 Å². The number of hydrogen-bond donors (Lipinski definition) is 3. The predicted octanol–water partition coefficient (Wildman–Crippen LogP) is 4.02. The highest BCUT2D eigenvalue weighted by molar-refractivity contribution is 14.0. The van der Waals surface area contributed by atoms with Crippen molar-refractivity contribution < 1.29 is 9.84 Å². The molecular formula is C21H30IN3O2. The first-order chi connectivity index (χ1) is 12.6. The van der Waals surface area contributed by atoms with E-state index in [1.54, 1.807) is 19.2 Å². The van der Waals surface area contributed by atoms with E-state index in [0.717, 1.165) is 43.2 Å². The predicted molar refractivity (Wildman–Crippen MR) is 122 cm³/mol. The molecule has 0 atom stereocenters. The van der Waals surface area contributed by atoms with E-state index in [9.17, 15) is 5.11 Å². The number of halogens is 1. The van der Waals surface area contributed by atoms with Crippen molar-refractivity contribution in [2.75, 3.05) is 20.2 Å². The zero-order chi connectivity index (χ0) is 18.8. The molecule has 2 aromatic rings. The maximum absolute atomic E-state index is 9.32. The zero-order valence-electron chi connectivity index (χ0n) is 16.3. The normalized spacial score (nSPS) is 10.9. The highest BCUT2D eigenvalue weighted by Gasteiger charge is 2.04. The number of phenolic OH excluding ortho intramolecular Hbond substituents is 1. The van der Waals surface area contributed by atoms with Crippen LogP contribution in [0, 0.1) is 6.92 Å². The summed E-state index contributed by atoms with van der Waals surface area (Å²) in [6.07, 6.45) is 1.95. The summed E-state index contributed by atoms with van der Waals surface area (Å²) in [5, 5.41) is 16.0. The molecule has 0 aliphatic carbocycles. The summed E-state index contributed by atoms with van der Waals surface area (Å²) >= 11 is 0. The first-order valence-electron chi connectivity index (χ1n) is 9.06. The van der Waals surface area contributed by atoms with Gasteiger partial charge in [-0.2, -0.15) is 0 Å². The van der Waals surface area contributed by atoms with Gasteiger partial charge >= 0.3 is 0 Å². The monoisotopic (exact) mass is 483 g/mol. The van der Waals surface area contributed by atoms with Crippen LogP contribution in [0.25, 0.3) is 0 Å². The number of hydrogen-bond acceptors (Lipinski definition) is 3. The van der Waals surface area contributed by atoms with Crippen LogP contribution in [0.4, 0.5) is 0 Å². The van der Waals surface area contributed by atoms with Crippen LogP contribution >= 0.6 is 24.0 Å². The minimum atomic E-state index is 0. The van der Waals surface area contributed by atoms with Gasteiger partial charge in [0.25, 0.3) is 0 Å². The SMILES string of the molecule is CCNC(=NCc1ccc(C)cc1OC)NCCCc1ccc(O)cc1.I. The average molecular weight is 483 g/mol. The fourth-order valence-corrected chi connectivity index (χ4v) is 2.65. The number of phenols is 1. The molecule has 27 heavy (non-hydrogen) atoms. The number of aromatic hydroxyl groups is 1. The molecule has 0 saturated carbocycles. The van der Waals surface area contributed by atoms with Gasteiger partial charge in [0, 0.05) is 18.7 Å². The van der Waals surface area contributed by atoms with E-state index >= 15 is 0 Å². The van der Waals surface area contributed by atoms with Crippen LogP contribution in [-0.2, 0) is 13.0 Å². The largest absolute Gasteiger partial charge is 0.508 e. The number of guanidine groups is 1. The molecule has 0 spiro atoms. The molecule has 0 aliphatic rings. The molecule has 2 aromatic carbocycles. The lowest BCUT2D eigenvalue weighted by Gasteiger charge is -2.12. The zero-order valence-corrected chi connectivity index (χ0v) is 18.6. The summed E-state index contributed by atoms with van der Waals surface area (Å²) in [6.45, 7) is 6.32. The van der Waals surface area contributed by atoms with E-state index in [0.29, 0.717) is 12.3 Å². The number of rotatable bonds is 8. The Balaban J connectivity index is 0.00000364. The number of nitrogens with zero attached hydrogens (tertiary/aromatic N) is 1. The Hall–Kier alpha value is -1.96. The Morgan fingerprint density at radius 3 is 2.52 bits per heavy atom. The third-order valence-corrected chi connectivity index (χ3v) is 4.07. The van der Waals surface area contributed by atoms with Crippen molar-refractivity contribution in [1.29, 1.82) is 0 Å². The third kappa shape index (κ3) is 8.07. The number of benzene rings is 2. The van der Waals surface area contributed by atoms with E-state index in [-0.39, 0.29) is 24.0 Å². The average Bonchev–Trinajstić information content (AvgIpc) is 2.65. The van der Waals surface area contributed by atoms with Crippen molar-refractivity contribution in [3.8, 4) is 11.5 Å². The van der Waals surface area contributed by atoms with Crippen LogP contribution in [0.15, 0.2) is 47.5 Å². The molecule has 2 rings (SSSR count). The van der Waals surface area contributed by atoms with Gasteiger partial charge in [0.2, 0.25) is 0 Å². The van der Waals surface area contributed by atoms with Crippen molar-refractivity contribution in [2.45, 2.75) is 33.2 Å². The van der Waals surface area contributed by atoms with E-state index < -0.39 is 0 Å². The Morgan fingerprint density at radius 2 is 1.85 bits per heavy atom. The topological polar surface area (TPSA) is 65.9 Å². The fourth-order valence-electron chi connectivity index (χ4n) is 2.65. The summed E-state index contributed by atoms with van der Waals surface area (Å²) in [6, 6.07) is 13.5. The second-order valence-electron chi connectivity index (χ2n) is 6.21. The number of methoxy groups -OCH3 is 1. The minimum Gasteiger partial charge on any atom is -0.508 e. The van der Waals surface area contributed by atoms with E-state index in [1.807, 2.05) is 18.2 Å². The maximum Gasteiger partial charge on any atom is 0.191 e. The molecule has 0 heterocycles. The highest BCUT2D eigenvalue weighted by atomic mass is 127. The van der Waals surface area contributed by atoms with E-state index in [2.05, 4.69) is 41.6 Å². The molecule has 0 amide bonds. The summed E-state index contributed by atoms with van der Waals surface area (Å²) < 4.78 is 5.45. The Kier molecular flexibility index (Phi) is 10.6. The Morgan fingerprint density at radius 1 is 1.11 bits per heavy atom. The van der Waals surface area contributed by atoms with Gasteiger partial charge in [-0.05, 0) is 56.0 Å². The molecule has 0 aliphatic heterocycles. The van der Waals surface area contributed by atoms with Gasteiger partial charge in [-0.3, -0.25) is 0 Å². The molecule has 0 saturated heterocycles. The van der Waals surface area contributed by atoms with Gasteiger partial charge < -0.3 is 20.5 Å². The maximum atomic E-state index is 9.32. The van der Waals surface area contributed by atoms with Crippen molar-refractivity contribution >= 4 is 29.9 Å².